The number of benzene rings is 1. The molecule has 2 rings (SSSR count). The van der Waals surface area contributed by atoms with Gasteiger partial charge in [-0.1, -0.05) is 13.0 Å². The van der Waals surface area contributed by atoms with E-state index in [4.69, 9.17) is 0 Å². The molecule has 1 aliphatic rings. The lowest BCUT2D eigenvalue weighted by Crippen LogP contribution is -2.45. The lowest BCUT2D eigenvalue weighted by atomic mass is 9.93. The van der Waals surface area contributed by atoms with Crippen molar-refractivity contribution in [2.24, 2.45) is 0 Å². The molecular weight excluding hydrogens is 264 g/mol. The van der Waals surface area contributed by atoms with E-state index in [-0.39, 0.29) is 5.91 Å². The molecule has 0 bridgehead atoms. The van der Waals surface area contributed by atoms with Gasteiger partial charge in [0.05, 0.1) is 11.2 Å². The second-order valence-electron chi connectivity index (χ2n) is 6.26. The Morgan fingerprint density at radius 1 is 1.38 bits per heavy atom. The number of anilines is 1. The van der Waals surface area contributed by atoms with Crippen LogP contribution in [0.15, 0.2) is 18.2 Å². The summed E-state index contributed by atoms with van der Waals surface area (Å²) < 4.78 is 0. The smallest absolute Gasteiger partial charge is 0.255 e. The largest absolute Gasteiger partial charge is 0.390 e. The average molecular weight is 290 g/mol. The number of hydrogen-bond acceptors (Lipinski definition) is 3. The predicted molar refractivity (Wildman–Crippen MR) is 85.7 cm³/mol. The number of likely N-dealkylation sites (tertiary alicyclic amines) is 1. The maximum atomic E-state index is 12.7. The molecule has 1 fully saturated rings. The van der Waals surface area contributed by atoms with Crippen molar-refractivity contribution >= 4 is 11.6 Å². The maximum absolute atomic E-state index is 12.7. The third kappa shape index (κ3) is 3.97. The molecule has 1 heterocycles. The SMILES string of the molecule is CCCNc1cc(C)ccc1C(=O)N1CCC(C)(O)CC1. The first-order valence-electron chi connectivity index (χ1n) is 7.79. The minimum Gasteiger partial charge on any atom is -0.390 e. The fraction of sp³-hybridized carbons (Fsp3) is 0.588. The lowest BCUT2D eigenvalue weighted by molar-refractivity contribution is -0.00199. The summed E-state index contributed by atoms with van der Waals surface area (Å²) in [4.78, 5) is 14.6. The van der Waals surface area contributed by atoms with Gasteiger partial charge in [-0.3, -0.25) is 4.79 Å². The number of carbonyl (C=O) groups excluding carboxylic acids is 1. The molecule has 0 aromatic heterocycles. The monoisotopic (exact) mass is 290 g/mol. The Balaban J connectivity index is 2.15. The van der Waals surface area contributed by atoms with Gasteiger partial charge in [0.25, 0.3) is 5.91 Å². The van der Waals surface area contributed by atoms with E-state index in [1.807, 2.05) is 36.9 Å². The summed E-state index contributed by atoms with van der Waals surface area (Å²) in [5, 5.41) is 13.3. The van der Waals surface area contributed by atoms with Crippen molar-refractivity contribution in [3.63, 3.8) is 0 Å². The zero-order chi connectivity index (χ0) is 15.5. The van der Waals surface area contributed by atoms with Crippen LogP contribution in [0.1, 0.15) is 49.0 Å². The van der Waals surface area contributed by atoms with Crippen LogP contribution in [-0.4, -0.2) is 41.1 Å². The van der Waals surface area contributed by atoms with E-state index in [2.05, 4.69) is 12.2 Å². The van der Waals surface area contributed by atoms with Crippen LogP contribution in [0, 0.1) is 6.92 Å². The average Bonchev–Trinajstić information content (AvgIpc) is 2.44. The van der Waals surface area contributed by atoms with Gasteiger partial charge in [-0.25, -0.2) is 0 Å². The van der Waals surface area contributed by atoms with Gasteiger partial charge < -0.3 is 15.3 Å². The Labute approximate surface area is 127 Å². The molecule has 2 N–H and O–H groups in total. The molecule has 0 atom stereocenters. The molecule has 0 aliphatic carbocycles. The van der Waals surface area contributed by atoms with Gasteiger partial charge in [-0.15, -0.1) is 0 Å². The van der Waals surface area contributed by atoms with Crippen molar-refractivity contribution in [1.82, 2.24) is 4.90 Å². The Hall–Kier alpha value is -1.55. The number of nitrogens with one attached hydrogen (secondary N) is 1. The van der Waals surface area contributed by atoms with Crippen LogP contribution < -0.4 is 5.32 Å². The Bertz CT molecular complexity index is 502. The molecule has 1 amide bonds. The van der Waals surface area contributed by atoms with E-state index in [0.717, 1.165) is 29.8 Å². The number of amides is 1. The van der Waals surface area contributed by atoms with E-state index < -0.39 is 5.60 Å². The number of carbonyl (C=O) groups is 1. The number of hydrogen-bond donors (Lipinski definition) is 2. The van der Waals surface area contributed by atoms with E-state index in [1.54, 1.807) is 0 Å². The van der Waals surface area contributed by atoms with Gasteiger partial charge >= 0.3 is 0 Å². The number of rotatable bonds is 4. The fourth-order valence-electron chi connectivity index (χ4n) is 2.61. The molecule has 1 saturated heterocycles. The number of aryl methyl sites for hydroxylation is 1. The summed E-state index contributed by atoms with van der Waals surface area (Å²) in [6.45, 7) is 8.08. The molecular formula is C17H26N2O2. The highest BCUT2D eigenvalue weighted by Crippen LogP contribution is 2.25. The van der Waals surface area contributed by atoms with Crippen molar-refractivity contribution in [3.8, 4) is 0 Å². The van der Waals surface area contributed by atoms with E-state index in [1.165, 1.54) is 0 Å². The summed E-state index contributed by atoms with van der Waals surface area (Å²) >= 11 is 0. The molecule has 0 radical (unpaired) electrons. The number of nitrogens with zero attached hydrogens (tertiary/aromatic N) is 1. The van der Waals surface area contributed by atoms with Crippen LogP contribution in [0.25, 0.3) is 0 Å². The highest BCUT2D eigenvalue weighted by Gasteiger charge is 2.30. The Kier molecular flexibility index (Phi) is 4.88. The molecule has 0 saturated carbocycles. The van der Waals surface area contributed by atoms with Crippen LogP contribution in [0.3, 0.4) is 0 Å². The second kappa shape index (κ2) is 6.48. The van der Waals surface area contributed by atoms with Crippen LogP contribution >= 0.6 is 0 Å². The van der Waals surface area contributed by atoms with Gasteiger partial charge in [0, 0.05) is 25.3 Å². The molecule has 1 aromatic carbocycles. The first kappa shape index (κ1) is 15.8. The normalized spacial score (nSPS) is 17.6. The van der Waals surface area contributed by atoms with Crippen molar-refractivity contribution in [1.29, 1.82) is 0 Å². The van der Waals surface area contributed by atoms with Gasteiger partial charge in [-0.2, -0.15) is 0 Å². The number of aliphatic hydroxyl groups is 1. The minimum absolute atomic E-state index is 0.0594. The quantitative estimate of drug-likeness (QED) is 0.896. The van der Waals surface area contributed by atoms with Crippen LogP contribution in [0.2, 0.25) is 0 Å². The standard InChI is InChI=1S/C17H26N2O2/c1-4-9-18-15-12-13(2)5-6-14(15)16(20)19-10-7-17(3,21)8-11-19/h5-6,12,18,21H,4,7-11H2,1-3H3. The summed E-state index contributed by atoms with van der Waals surface area (Å²) in [5.74, 6) is 0.0594. The first-order valence-corrected chi connectivity index (χ1v) is 7.79. The summed E-state index contributed by atoms with van der Waals surface area (Å²) in [6, 6.07) is 5.91. The Morgan fingerprint density at radius 2 is 2.05 bits per heavy atom. The summed E-state index contributed by atoms with van der Waals surface area (Å²) in [5.41, 5.74) is 2.16. The highest BCUT2D eigenvalue weighted by molar-refractivity contribution is 5.99. The third-order valence-corrected chi connectivity index (χ3v) is 4.10. The van der Waals surface area contributed by atoms with Crippen LogP contribution in [-0.2, 0) is 0 Å². The van der Waals surface area contributed by atoms with Crippen molar-refractivity contribution in [3.05, 3.63) is 29.3 Å². The predicted octanol–water partition coefficient (Wildman–Crippen LogP) is 2.80. The van der Waals surface area contributed by atoms with Crippen molar-refractivity contribution in [2.75, 3.05) is 25.0 Å². The van der Waals surface area contributed by atoms with Crippen molar-refractivity contribution < 1.29 is 9.90 Å². The topological polar surface area (TPSA) is 52.6 Å². The molecule has 116 valence electrons. The molecule has 0 unspecified atom stereocenters. The molecule has 4 nitrogen and oxygen atoms in total. The van der Waals surface area contributed by atoms with Gasteiger partial charge in [0.15, 0.2) is 0 Å². The van der Waals surface area contributed by atoms with Gasteiger partial charge in [-0.05, 0) is 50.8 Å². The molecule has 0 spiro atoms. The molecule has 1 aromatic rings. The molecule has 1 aliphatic heterocycles. The zero-order valence-corrected chi connectivity index (χ0v) is 13.3. The summed E-state index contributed by atoms with van der Waals surface area (Å²) in [6.07, 6.45) is 2.30. The van der Waals surface area contributed by atoms with E-state index >= 15 is 0 Å². The Morgan fingerprint density at radius 3 is 2.67 bits per heavy atom. The van der Waals surface area contributed by atoms with Crippen LogP contribution in [0.4, 0.5) is 5.69 Å². The van der Waals surface area contributed by atoms with E-state index in [0.29, 0.717) is 25.9 Å². The minimum atomic E-state index is -0.632. The van der Waals surface area contributed by atoms with Crippen molar-refractivity contribution in [2.45, 2.75) is 45.6 Å². The number of piperidine rings is 1. The first-order chi connectivity index (χ1) is 9.93. The van der Waals surface area contributed by atoms with Gasteiger partial charge in [0.2, 0.25) is 0 Å². The second-order valence-corrected chi connectivity index (χ2v) is 6.26. The highest BCUT2D eigenvalue weighted by atomic mass is 16.3. The fourth-order valence-corrected chi connectivity index (χ4v) is 2.61. The molecule has 4 heteroatoms. The third-order valence-electron chi connectivity index (χ3n) is 4.10. The zero-order valence-electron chi connectivity index (χ0n) is 13.3. The lowest BCUT2D eigenvalue weighted by Gasteiger charge is -2.36. The summed E-state index contributed by atoms with van der Waals surface area (Å²) in [7, 11) is 0. The maximum Gasteiger partial charge on any atom is 0.255 e. The molecule has 21 heavy (non-hydrogen) atoms. The van der Waals surface area contributed by atoms with Gasteiger partial charge in [0.1, 0.15) is 0 Å². The van der Waals surface area contributed by atoms with E-state index in [9.17, 15) is 9.90 Å². The van der Waals surface area contributed by atoms with Crippen LogP contribution in [0.5, 0.6) is 0 Å².